The zero-order chi connectivity index (χ0) is 31.1. The van der Waals surface area contributed by atoms with Crippen molar-refractivity contribution in [2.45, 2.75) is 31.7 Å². The molecule has 0 aromatic carbocycles. The lowest BCUT2D eigenvalue weighted by atomic mass is 10.2. The number of aromatic amines is 2. The Hall–Kier alpha value is -2.91. The van der Waals surface area contributed by atoms with Crippen LogP contribution in [0.1, 0.15) is 22.4 Å². The molecule has 4 aromatic heterocycles. The Morgan fingerprint density at radius 2 is 2.19 bits per heavy atom. The number of hydrogen-bond acceptors (Lipinski definition) is 14. The van der Waals surface area contributed by atoms with E-state index in [0.29, 0.717) is 0 Å². The van der Waals surface area contributed by atoms with Crippen molar-refractivity contribution < 1.29 is 46.2 Å². The van der Waals surface area contributed by atoms with Crippen molar-refractivity contribution in [3.63, 3.8) is 0 Å². The third-order valence-electron chi connectivity index (χ3n) is 6.07. The van der Waals surface area contributed by atoms with Crippen LogP contribution in [0.25, 0.3) is 22.3 Å². The summed E-state index contributed by atoms with van der Waals surface area (Å²) in [6.07, 6.45) is -3.34. The Morgan fingerprint density at radius 1 is 1.42 bits per heavy atom. The molecule has 4 aromatic rings. The highest BCUT2D eigenvalue weighted by molar-refractivity contribution is 8.44. The minimum atomic E-state index is -4.21. The van der Waals surface area contributed by atoms with Crippen LogP contribution < -0.4 is 21.7 Å². The number of halogens is 1. The van der Waals surface area contributed by atoms with Gasteiger partial charge in [-0.15, -0.1) is 9.90 Å². The summed E-state index contributed by atoms with van der Waals surface area (Å²) in [5.41, 5.74) is 10.7. The van der Waals surface area contributed by atoms with E-state index >= 15 is 0 Å². The quantitative estimate of drug-likeness (QED) is 0.0640. The number of hydrogen-bond donors (Lipinski definition) is 6. The smallest absolute Gasteiger partial charge is 0.366 e. The predicted octanol–water partition coefficient (Wildman–Crippen LogP) is -0.254. The number of aromatic nitrogens is 8. The summed E-state index contributed by atoms with van der Waals surface area (Å²) >= 11 is 8.97. The number of primary amides is 1. The number of pyridine rings is 1. The lowest BCUT2D eigenvalue weighted by molar-refractivity contribution is -0.793. The van der Waals surface area contributed by atoms with Gasteiger partial charge in [-0.2, -0.15) is 0 Å². The predicted molar refractivity (Wildman–Crippen MR) is 151 cm³/mol. The fourth-order valence-electron chi connectivity index (χ4n) is 4.13. The van der Waals surface area contributed by atoms with Crippen LogP contribution in [0.3, 0.4) is 0 Å². The zero-order valence-electron chi connectivity index (χ0n) is 21.9. The van der Waals surface area contributed by atoms with Gasteiger partial charge < -0.3 is 34.7 Å². The van der Waals surface area contributed by atoms with E-state index in [1.54, 1.807) is 0 Å². The highest BCUT2D eigenvalue weighted by atomic mass is 32.7. The molecule has 1 aliphatic rings. The fraction of sp³-hybridized carbons (Fsp3) is 0.421. The maximum atomic E-state index is 14.9. The number of carbonyl (C=O) groups excluding carboxylic acids is 1. The van der Waals surface area contributed by atoms with Crippen LogP contribution in [-0.2, 0) is 52.4 Å². The Labute approximate surface area is 250 Å². The van der Waals surface area contributed by atoms with E-state index in [1.807, 2.05) is 0 Å². The molecule has 0 radical (unpaired) electrons. The van der Waals surface area contributed by atoms with Gasteiger partial charge in [-0.3, -0.25) is 23.6 Å². The lowest BCUT2D eigenvalue weighted by Gasteiger charge is -2.23. The minimum absolute atomic E-state index is 0.00503. The standard InChI is InChI=1S/C19H23FN10O9P2S2/c1-35-40(33,42)37-3-2-29-11(24-10-4-8(14(21)31)5-23-15(10)29)7-38-41(34,43)39-13-9(20)6-36-18(13)30-16-12(27-28-30)17(32)26-19(22)25-16/h4-5,9,13,18H,2-3,6-7H2,1H3,(H7,21,22,25,26,28,31,32,33,34,42,43)/p+1. The first-order valence-electron chi connectivity index (χ1n) is 12.0. The molecule has 0 spiro atoms. The molecule has 24 heteroatoms. The highest BCUT2D eigenvalue weighted by Gasteiger charge is 2.47. The normalized spacial score (nSPS) is 21.7. The molecule has 1 fully saturated rings. The van der Waals surface area contributed by atoms with Crippen molar-refractivity contribution >= 4 is 71.8 Å². The van der Waals surface area contributed by atoms with Crippen LogP contribution in [0.5, 0.6) is 0 Å². The van der Waals surface area contributed by atoms with Gasteiger partial charge in [0.2, 0.25) is 12.1 Å². The van der Waals surface area contributed by atoms with Gasteiger partial charge in [-0.1, -0.05) is 17.2 Å². The molecule has 43 heavy (non-hydrogen) atoms. The maximum Gasteiger partial charge on any atom is 0.385 e. The SMILES string of the molecule is COP(=O)(S)OCCn1c(COP(O)(=S)OC2C(F)COC2[n+]2[nH]nc3c(=O)[nH]c(N)nc32)nc2cc(C(N)=O)cnc21. The summed E-state index contributed by atoms with van der Waals surface area (Å²) in [6, 6.07) is 1.39. The monoisotopic (exact) mass is 681 g/mol. The van der Waals surface area contributed by atoms with Crippen molar-refractivity contribution in [2.24, 2.45) is 5.73 Å². The van der Waals surface area contributed by atoms with Crippen molar-refractivity contribution in [3.05, 3.63) is 34.0 Å². The van der Waals surface area contributed by atoms with Gasteiger partial charge >= 0.3 is 30.2 Å². The first-order chi connectivity index (χ1) is 20.3. The zero-order valence-corrected chi connectivity index (χ0v) is 25.4. The third-order valence-corrected chi connectivity index (χ3v) is 9.42. The van der Waals surface area contributed by atoms with Crippen molar-refractivity contribution in [1.82, 2.24) is 34.8 Å². The van der Waals surface area contributed by atoms with Crippen LogP contribution in [0.2, 0.25) is 0 Å². The molecule has 1 amide bonds. The average Bonchev–Trinajstić information content (AvgIpc) is 3.62. The molecule has 1 aliphatic heterocycles. The number of nitrogens with one attached hydrogen (secondary N) is 2. The Morgan fingerprint density at radius 3 is 2.91 bits per heavy atom. The second kappa shape index (κ2) is 12.2. The van der Waals surface area contributed by atoms with E-state index in [-0.39, 0.29) is 52.8 Å². The number of nitrogens with zero attached hydrogens (tertiary/aromatic N) is 6. The largest absolute Gasteiger partial charge is 0.385 e. The van der Waals surface area contributed by atoms with Crippen LogP contribution in [0, 0.1) is 0 Å². The van der Waals surface area contributed by atoms with Crippen molar-refractivity contribution in [2.75, 3.05) is 26.1 Å². The molecule has 5 unspecified atom stereocenters. The van der Waals surface area contributed by atoms with E-state index in [0.717, 1.165) is 4.68 Å². The third kappa shape index (κ3) is 6.78. The fourth-order valence-corrected chi connectivity index (χ4v) is 6.13. The summed E-state index contributed by atoms with van der Waals surface area (Å²) in [6.45, 7) is -8.91. The van der Waals surface area contributed by atoms with Crippen LogP contribution in [0.15, 0.2) is 17.1 Å². The number of thiol groups is 1. The minimum Gasteiger partial charge on any atom is -0.366 e. The van der Waals surface area contributed by atoms with Gasteiger partial charge in [0, 0.05) is 19.9 Å². The van der Waals surface area contributed by atoms with E-state index in [9.17, 15) is 23.4 Å². The Bertz CT molecular complexity index is 1850. The number of ether oxygens (including phenoxy) is 1. The number of alkyl halides is 1. The van der Waals surface area contributed by atoms with Gasteiger partial charge in [-0.05, 0) is 23.0 Å². The number of imidazole rings is 1. The molecule has 232 valence electrons. The molecular formula is C19H24FN10O9P2S2+. The van der Waals surface area contributed by atoms with Crippen molar-refractivity contribution in [3.8, 4) is 0 Å². The number of amides is 1. The second-order valence-electron chi connectivity index (χ2n) is 8.85. The van der Waals surface area contributed by atoms with E-state index < -0.39 is 56.7 Å². The molecule has 0 bridgehead atoms. The number of nitrogens with two attached hydrogens (primary N) is 2. The second-order valence-corrected chi connectivity index (χ2v) is 14.7. The molecule has 19 nitrogen and oxygen atoms in total. The molecule has 7 N–H and O–H groups in total. The van der Waals surface area contributed by atoms with Crippen LogP contribution in [0.4, 0.5) is 10.3 Å². The average molecular weight is 682 g/mol. The first-order valence-corrected chi connectivity index (χ1v) is 17.3. The first kappa shape index (κ1) is 31.5. The molecule has 5 atom stereocenters. The van der Waals surface area contributed by atoms with Crippen LogP contribution in [-0.4, -0.2) is 78.2 Å². The summed E-state index contributed by atoms with van der Waals surface area (Å²) < 4.78 is 55.9. The maximum absolute atomic E-state index is 14.9. The molecule has 0 aliphatic carbocycles. The Balaban J connectivity index is 1.37. The van der Waals surface area contributed by atoms with Gasteiger partial charge in [0.1, 0.15) is 17.9 Å². The number of H-pyrrole nitrogens is 2. The van der Waals surface area contributed by atoms with Crippen molar-refractivity contribution in [1.29, 1.82) is 0 Å². The topological polar surface area (TPSA) is 262 Å². The number of carbonyl (C=O) groups is 1. The molecule has 5 heterocycles. The molecular weight excluding hydrogens is 657 g/mol. The van der Waals surface area contributed by atoms with Gasteiger partial charge in [0.25, 0.3) is 5.95 Å². The van der Waals surface area contributed by atoms with E-state index in [2.05, 4.69) is 42.5 Å². The van der Waals surface area contributed by atoms with Gasteiger partial charge in [-0.25, -0.2) is 18.9 Å². The highest BCUT2D eigenvalue weighted by Crippen LogP contribution is 2.52. The van der Waals surface area contributed by atoms with Crippen LogP contribution >= 0.6 is 25.8 Å². The van der Waals surface area contributed by atoms with E-state index in [1.165, 1.54) is 23.9 Å². The van der Waals surface area contributed by atoms with E-state index in [4.69, 9.17) is 46.1 Å². The summed E-state index contributed by atoms with van der Waals surface area (Å²) in [7, 11) is 1.17. The summed E-state index contributed by atoms with van der Waals surface area (Å²) in [4.78, 5) is 49.5. The molecule has 1 saturated heterocycles. The van der Waals surface area contributed by atoms with Gasteiger partial charge in [0.05, 0.1) is 18.8 Å². The summed E-state index contributed by atoms with van der Waals surface area (Å²) in [5, 5.41) is 6.35. The lowest BCUT2D eigenvalue weighted by Crippen LogP contribution is -2.49. The molecule has 0 saturated carbocycles. The molecule has 5 rings (SSSR count). The number of anilines is 1. The Kier molecular flexibility index (Phi) is 8.96. The number of rotatable bonds is 12. The van der Waals surface area contributed by atoms with Gasteiger partial charge in [0.15, 0.2) is 17.9 Å². The number of nitrogen functional groups attached to an aromatic ring is 1. The number of fused-ring (bicyclic) bond motifs is 2. The summed E-state index contributed by atoms with van der Waals surface area (Å²) in [5.74, 6) is -0.824.